The molecular formula is C26H29F3N3O5S-. The molecule has 0 bridgehead atoms. The van der Waals surface area contributed by atoms with Crippen LogP contribution in [0.4, 0.5) is 29.3 Å². The van der Waals surface area contributed by atoms with E-state index in [0.29, 0.717) is 13.8 Å². The summed E-state index contributed by atoms with van der Waals surface area (Å²) in [5, 5.41) is 21.5. The van der Waals surface area contributed by atoms with E-state index in [2.05, 4.69) is 6.07 Å². The van der Waals surface area contributed by atoms with E-state index < -0.39 is 45.0 Å². The van der Waals surface area contributed by atoms with E-state index in [-0.39, 0.29) is 39.8 Å². The quantitative estimate of drug-likeness (QED) is 0.514. The number of aryl methyl sites for hydroxylation is 1. The van der Waals surface area contributed by atoms with Crippen LogP contribution in [0.2, 0.25) is 0 Å². The van der Waals surface area contributed by atoms with Gasteiger partial charge in [-0.2, -0.15) is 18.4 Å². The van der Waals surface area contributed by atoms with Gasteiger partial charge in [0.15, 0.2) is 0 Å². The van der Waals surface area contributed by atoms with Crippen LogP contribution in [-0.4, -0.2) is 38.9 Å². The van der Waals surface area contributed by atoms with Crippen LogP contribution in [-0.2, 0) is 10.0 Å². The van der Waals surface area contributed by atoms with Crippen LogP contribution in [0, 0.1) is 30.6 Å². The van der Waals surface area contributed by atoms with Gasteiger partial charge in [-0.1, -0.05) is 17.7 Å². The first-order valence-electron chi connectivity index (χ1n) is 11.7. The Labute approximate surface area is 220 Å². The van der Waals surface area contributed by atoms with E-state index in [1.54, 1.807) is 32.9 Å². The lowest BCUT2D eigenvalue weighted by molar-refractivity contribution is -0.254. The Kier molecular flexibility index (Phi) is 7.42. The summed E-state index contributed by atoms with van der Waals surface area (Å²) in [7, 11) is -4.27. The Morgan fingerprint density at radius 2 is 1.71 bits per heavy atom. The Morgan fingerprint density at radius 3 is 2.21 bits per heavy atom. The van der Waals surface area contributed by atoms with Crippen molar-refractivity contribution in [1.82, 2.24) is 0 Å². The molecule has 0 unspecified atom stereocenters. The molecule has 206 valence electrons. The van der Waals surface area contributed by atoms with Gasteiger partial charge in [-0.25, -0.2) is 8.42 Å². The maximum Gasteiger partial charge on any atom is 0.411 e. The van der Waals surface area contributed by atoms with Crippen LogP contribution in [0.15, 0.2) is 41.3 Å². The van der Waals surface area contributed by atoms with Gasteiger partial charge in [0.1, 0.15) is 23.5 Å². The van der Waals surface area contributed by atoms with E-state index in [4.69, 9.17) is 4.74 Å². The molecule has 8 nitrogen and oxygen atoms in total. The third kappa shape index (κ3) is 5.25. The maximum atomic E-state index is 13.9. The maximum absolute atomic E-state index is 13.9. The number of sulfonamides is 1. The molecule has 3 rings (SSSR count). The fourth-order valence-corrected chi connectivity index (χ4v) is 5.90. The Bertz CT molecular complexity index is 1380. The molecule has 0 N–H and O–H groups in total. The van der Waals surface area contributed by atoms with Gasteiger partial charge in [-0.3, -0.25) is 4.31 Å². The van der Waals surface area contributed by atoms with Crippen LogP contribution >= 0.6 is 0 Å². The second-order valence-electron chi connectivity index (χ2n) is 10.5. The summed E-state index contributed by atoms with van der Waals surface area (Å²) in [6, 6.07) is 10.6. The van der Waals surface area contributed by atoms with Gasteiger partial charge < -0.3 is 19.5 Å². The number of hydrogen-bond acceptors (Lipinski definition) is 6. The molecule has 1 aliphatic rings. The highest BCUT2D eigenvalue weighted by molar-refractivity contribution is 7.92. The average Bonchev–Trinajstić information content (AvgIpc) is 2.79. The molecule has 1 atom stereocenters. The van der Waals surface area contributed by atoms with Gasteiger partial charge in [0.2, 0.25) is 0 Å². The number of ether oxygens (including phenoxy) is 1. The number of benzene rings is 2. The number of nitriles is 1. The molecule has 0 aromatic heterocycles. The second-order valence-corrected chi connectivity index (χ2v) is 12.4. The first-order chi connectivity index (χ1) is 17.3. The third-order valence-electron chi connectivity index (χ3n) is 6.60. The molecule has 38 heavy (non-hydrogen) atoms. The lowest BCUT2D eigenvalue weighted by Gasteiger charge is -2.44. The number of carbonyl (C=O) groups is 1. The van der Waals surface area contributed by atoms with Gasteiger partial charge in [-0.15, -0.1) is 0 Å². The smallest absolute Gasteiger partial charge is 0.411 e. The molecule has 2 aromatic carbocycles. The Morgan fingerprint density at radius 1 is 1.13 bits per heavy atom. The number of anilines is 2. The summed E-state index contributed by atoms with van der Waals surface area (Å²) in [5.41, 5.74) is -3.47. The molecule has 1 heterocycles. The summed E-state index contributed by atoms with van der Waals surface area (Å²) in [5.74, 6) is 0.0371. The molecule has 1 amide bonds. The number of nitrogens with zero attached hydrogens (tertiary/aromatic N) is 3. The fraction of sp³-hybridized carbons (Fsp3) is 0.462. The zero-order valence-corrected chi connectivity index (χ0v) is 22.7. The minimum atomic E-state index is -4.96. The Balaban J connectivity index is 2.26. The summed E-state index contributed by atoms with van der Waals surface area (Å²) < 4.78 is 76.3. The van der Waals surface area contributed by atoms with Crippen molar-refractivity contribution in [3.63, 3.8) is 0 Å². The van der Waals surface area contributed by atoms with Crippen molar-refractivity contribution in [1.29, 1.82) is 5.26 Å². The molecule has 0 aliphatic carbocycles. The summed E-state index contributed by atoms with van der Waals surface area (Å²) in [4.78, 5) is 12.0. The highest BCUT2D eigenvalue weighted by Crippen LogP contribution is 2.47. The summed E-state index contributed by atoms with van der Waals surface area (Å²) in [6.07, 6.45) is -7.66. The molecule has 0 saturated heterocycles. The van der Waals surface area contributed by atoms with E-state index in [0.717, 1.165) is 15.9 Å². The molecule has 0 fully saturated rings. The van der Waals surface area contributed by atoms with Gasteiger partial charge in [0, 0.05) is 17.7 Å². The predicted molar refractivity (Wildman–Crippen MR) is 133 cm³/mol. The minimum absolute atomic E-state index is 0.0371. The zero-order chi connectivity index (χ0) is 28.8. The molecule has 0 spiro atoms. The van der Waals surface area contributed by atoms with Crippen molar-refractivity contribution in [2.24, 2.45) is 5.41 Å². The van der Waals surface area contributed by atoms with E-state index in [1.807, 2.05) is 0 Å². The second kappa shape index (κ2) is 9.69. The molecule has 12 heteroatoms. The molecule has 1 aliphatic heterocycles. The summed E-state index contributed by atoms with van der Waals surface area (Å²) >= 11 is 0. The SMILES string of the molecule is Cc1ccc(S(=O)(=O)N2C[C@H](CC(C)(C)C#N)Oc3ccc(N(C(=O)[O-])C(C)(C)C(F)(F)F)c(C)c32)cc1. The topological polar surface area (TPSA) is 114 Å². The van der Waals surface area contributed by atoms with Crippen LogP contribution in [0.25, 0.3) is 0 Å². The summed E-state index contributed by atoms with van der Waals surface area (Å²) in [6.45, 7) is 7.61. The lowest BCUT2D eigenvalue weighted by atomic mass is 9.88. The van der Waals surface area contributed by atoms with E-state index in [1.165, 1.54) is 25.1 Å². The van der Waals surface area contributed by atoms with Crippen LogP contribution < -0.4 is 19.0 Å². The van der Waals surface area contributed by atoms with Crippen molar-refractivity contribution in [3.05, 3.63) is 47.5 Å². The first kappa shape index (κ1) is 29.1. The number of hydrogen-bond donors (Lipinski definition) is 0. The third-order valence-corrected chi connectivity index (χ3v) is 8.38. The van der Waals surface area contributed by atoms with Crippen LogP contribution in [0.1, 0.15) is 45.2 Å². The first-order valence-corrected chi connectivity index (χ1v) is 13.2. The fourth-order valence-electron chi connectivity index (χ4n) is 4.34. The number of rotatable bonds is 6. The normalized spacial score (nSPS) is 16.3. The highest BCUT2D eigenvalue weighted by atomic mass is 32.2. The molecule has 0 radical (unpaired) electrons. The van der Waals surface area contributed by atoms with Crippen molar-refractivity contribution in [2.75, 3.05) is 15.7 Å². The van der Waals surface area contributed by atoms with Gasteiger partial charge in [-0.05, 0) is 65.8 Å². The standard InChI is InChI=1S/C26H30F3N3O5S/c1-16-7-9-19(10-8-16)38(35,36)31-14-18(13-24(3,4)15-30)37-21-12-11-20(17(2)22(21)31)32(23(33)34)25(5,6)26(27,28)29/h7-12,18H,13-14H2,1-6H3,(H,33,34)/p-1/t18-/m0/s1. The average molecular weight is 553 g/mol. The van der Waals surface area contributed by atoms with Crippen molar-refractivity contribution in [2.45, 2.75) is 70.7 Å². The van der Waals surface area contributed by atoms with Crippen LogP contribution in [0.3, 0.4) is 0 Å². The minimum Gasteiger partial charge on any atom is -0.530 e. The zero-order valence-electron chi connectivity index (χ0n) is 21.9. The predicted octanol–water partition coefficient (Wildman–Crippen LogP) is 4.69. The number of alkyl halides is 3. The number of carbonyl (C=O) groups excluding carboxylic acids is 1. The van der Waals surface area contributed by atoms with E-state index >= 15 is 0 Å². The lowest BCUT2D eigenvalue weighted by Crippen LogP contribution is -2.61. The number of amides is 1. The van der Waals surface area contributed by atoms with Gasteiger partial charge in [0.05, 0.1) is 28.6 Å². The monoisotopic (exact) mass is 552 g/mol. The van der Waals surface area contributed by atoms with Gasteiger partial charge in [0.25, 0.3) is 10.0 Å². The van der Waals surface area contributed by atoms with Gasteiger partial charge >= 0.3 is 6.18 Å². The molecular weight excluding hydrogens is 523 g/mol. The van der Waals surface area contributed by atoms with E-state index in [9.17, 15) is 36.8 Å². The van der Waals surface area contributed by atoms with Crippen molar-refractivity contribution >= 4 is 27.5 Å². The molecule has 2 aromatic rings. The molecule has 0 saturated carbocycles. The largest absolute Gasteiger partial charge is 0.530 e. The van der Waals surface area contributed by atoms with Crippen LogP contribution in [0.5, 0.6) is 5.75 Å². The highest BCUT2D eigenvalue weighted by Gasteiger charge is 2.53. The van der Waals surface area contributed by atoms with Crippen molar-refractivity contribution < 1.29 is 36.2 Å². The number of fused-ring (bicyclic) bond motifs is 1. The van der Waals surface area contributed by atoms with Crippen molar-refractivity contribution in [3.8, 4) is 11.8 Å². The number of halogens is 3. The number of carboxylic acid groups (broad SMARTS) is 1. The Hall–Kier alpha value is -3.46.